The number of aryl methyl sites for hydroxylation is 1. The predicted molar refractivity (Wildman–Crippen MR) is 98.5 cm³/mol. The predicted octanol–water partition coefficient (Wildman–Crippen LogP) is 4.78. The first-order chi connectivity index (χ1) is 11.7. The zero-order valence-corrected chi connectivity index (χ0v) is 14.2. The number of hydrogen-bond donors (Lipinski definition) is 2. The molecule has 0 atom stereocenters. The van der Waals surface area contributed by atoms with Gasteiger partial charge in [0.15, 0.2) is 0 Å². The van der Waals surface area contributed by atoms with Crippen molar-refractivity contribution in [2.24, 2.45) is 0 Å². The molecule has 1 heterocycles. The number of hydrogen-bond acceptors (Lipinski definition) is 3. The number of anilines is 2. The summed E-state index contributed by atoms with van der Waals surface area (Å²) in [5.74, 6) is -0.124. The zero-order valence-electron chi connectivity index (χ0n) is 14.2. The highest BCUT2D eigenvalue weighted by atomic mass is 16.1. The summed E-state index contributed by atoms with van der Waals surface area (Å²) >= 11 is 0. The monoisotopic (exact) mass is 323 g/mol. The van der Waals surface area contributed by atoms with Crippen LogP contribution in [0.15, 0.2) is 42.7 Å². The van der Waals surface area contributed by atoms with Gasteiger partial charge in [-0.3, -0.25) is 9.78 Å². The molecular weight excluding hydrogens is 298 g/mol. The molecule has 2 aromatic rings. The second-order valence-corrected chi connectivity index (χ2v) is 6.56. The van der Waals surface area contributed by atoms with Gasteiger partial charge in [0.2, 0.25) is 0 Å². The Morgan fingerprint density at radius 3 is 2.58 bits per heavy atom. The highest BCUT2D eigenvalue weighted by Crippen LogP contribution is 2.21. The lowest BCUT2D eigenvalue weighted by Crippen LogP contribution is -2.19. The summed E-state index contributed by atoms with van der Waals surface area (Å²) in [6.07, 6.45) is 11.0. The molecule has 0 aliphatic heterocycles. The van der Waals surface area contributed by atoms with E-state index in [0.717, 1.165) is 16.9 Å². The first-order valence-electron chi connectivity index (χ1n) is 8.81. The van der Waals surface area contributed by atoms with Crippen LogP contribution >= 0.6 is 0 Å². The van der Waals surface area contributed by atoms with E-state index >= 15 is 0 Å². The smallest absolute Gasteiger partial charge is 0.257 e. The first-order valence-corrected chi connectivity index (χ1v) is 8.81. The van der Waals surface area contributed by atoms with E-state index < -0.39 is 0 Å². The molecule has 0 radical (unpaired) electrons. The molecule has 4 nitrogen and oxygen atoms in total. The largest absolute Gasteiger partial charge is 0.381 e. The molecule has 2 N–H and O–H groups in total. The Kier molecular flexibility index (Phi) is 5.47. The average molecular weight is 323 g/mol. The van der Waals surface area contributed by atoms with Crippen molar-refractivity contribution in [2.45, 2.75) is 51.5 Å². The van der Waals surface area contributed by atoms with Crippen molar-refractivity contribution in [1.82, 2.24) is 4.98 Å². The molecule has 24 heavy (non-hydrogen) atoms. The van der Waals surface area contributed by atoms with Crippen LogP contribution in [-0.4, -0.2) is 16.9 Å². The summed E-state index contributed by atoms with van der Waals surface area (Å²) in [5, 5.41) is 6.51. The molecule has 0 unspecified atom stereocenters. The van der Waals surface area contributed by atoms with Gasteiger partial charge in [-0.2, -0.15) is 0 Å². The number of aromatic nitrogens is 1. The minimum Gasteiger partial charge on any atom is -0.381 e. The highest BCUT2D eigenvalue weighted by Gasteiger charge is 2.13. The topological polar surface area (TPSA) is 54.0 Å². The Bertz CT molecular complexity index is 691. The Balaban J connectivity index is 1.68. The molecule has 0 spiro atoms. The fourth-order valence-corrected chi connectivity index (χ4v) is 3.21. The van der Waals surface area contributed by atoms with Crippen molar-refractivity contribution in [3.05, 3.63) is 53.9 Å². The molecule has 1 amide bonds. The summed E-state index contributed by atoms with van der Waals surface area (Å²) in [5.41, 5.74) is 3.40. The number of nitrogens with zero attached hydrogens (tertiary/aromatic N) is 1. The van der Waals surface area contributed by atoms with Gasteiger partial charge in [-0.1, -0.05) is 43.9 Å². The SMILES string of the molecule is Cc1ccccc1NC(=O)c1cncc(NC2CCCCCC2)c1. The zero-order chi connectivity index (χ0) is 16.8. The summed E-state index contributed by atoms with van der Waals surface area (Å²) in [7, 11) is 0. The molecule has 1 fully saturated rings. The van der Waals surface area contributed by atoms with Crippen molar-refractivity contribution in [3.63, 3.8) is 0 Å². The molecule has 0 bridgehead atoms. The van der Waals surface area contributed by atoms with Crippen LogP contribution in [0.1, 0.15) is 54.4 Å². The van der Waals surface area contributed by atoms with Gasteiger partial charge >= 0.3 is 0 Å². The van der Waals surface area contributed by atoms with Crippen LogP contribution in [0.25, 0.3) is 0 Å². The molecule has 126 valence electrons. The third kappa shape index (κ3) is 4.34. The lowest BCUT2D eigenvalue weighted by molar-refractivity contribution is 0.102. The highest BCUT2D eigenvalue weighted by molar-refractivity contribution is 6.04. The van der Waals surface area contributed by atoms with Crippen LogP contribution in [0.5, 0.6) is 0 Å². The Hall–Kier alpha value is -2.36. The standard InChI is InChI=1S/C20H25N3O/c1-15-8-6-7-11-19(15)23-20(24)16-12-18(14-21-13-16)22-17-9-4-2-3-5-10-17/h6-8,11-14,17,22H,2-5,9-10H2,1H3,(H,23,24). The summed E-state index contributed by atoms with van der Waals surface area (Å²) in [6, 6.07) is 10.2. The molecule has 1 aliphatic rings. The lowest BCUT2D eigenvalue weighted by atomic mass is 10.1. The molecule has 1 aromatic heterocycles. The van der Waals surface area contributed by atoms with Gasteiger partial charge in [-0.15, -0.1) is 0 Å². The van der Waals surface area contributed by atoms with E-state index in [4.69, 9.17) is 0 Å². The Morgan fingerprint density at radius 2 is 1.83 bits per heavy atom. The maximum atomic E-state index is 12.5. The third-order valence-electron chi connectivity index (χ3n) is 4.62. The number of nitrogens with one attached hydrogen (secondary N) is 2. The summed E-state index contributed by atoms with van der Waals surface area (Å²) in [6.45, 7) is 1.98. The molecule has 1 aromatic carbocycles. The van der Waals surface area contributed by atoms with Gasteiger partial charge < -0.3 is 10.6 Å². The number of rotatable bonds is 4. The van der Waals surface area contributed by atoms with Crippen molar-refractivity contribution < 1.29 is 4.79 Å². The van der Waals surface area contributed by atoms with Crippen molar-refractivity contribution in [3.8, 4) is 0 Å². The van der Waals surface area contributed by atoms with Crippen LogP contribution in [0.3, 0.4) is 0 Å². The molecule has 1 saturated carbocycles. The maximum absolute atomic E-state index is 12.5. The molecular formula is C20H25N3O. The minimum absolute atomic E-state index is 0.124. The second-order valence-electron chi connectivity index (χ2n) is 6.56. The van der Waals surface area contributed by atoms with E-state index in [1.807, 2.05) is 37.3 Å². The van der Waals surface area contributed by atoms with E-state index in [0.29, 0.717) is 11.6 Å². The van der Waals surface area contributed by atoms with Crippen LogP contribution in [0.4, 0.5) is 11.4 Å². The van der Waals surface area contributed by atoms with Crippen molar-refractivity contribution in [2.75, 3.05) is 10.6 Å². The van der Waals surface area contributed by atoms with Crippen molar-refractivity contribution >= 4 is 17.3 Å². The van der Waals surface area contributed by atoms with Gasteiger partial charge in [0.1, 0.15) is 0 Å². The van der Waals surface area contributed by atoms with Gasteiger partial charge in [-0.25, -0.2) is 0 Å². The average Bonchev–Trinajstić information content (AvgIpc) is 2.86. The molecule has 1 aliphatic carbocycles. The normalized spacial score (nSPS) is 15.5. The third-order valence-corrected chi connectivity index (χ3v) is 4.62. The first kappa shape index (κ1) is 16.5. The fourth-order valence-electron chi connectivity index (χ4n) is 3.21. The fraction of sp³-hybridized carbons (Fsp3) is 0.400. The number of para-hydroxylation sites is 1. The van der Waals surface area contributed by atoms with Crippen LogP contribution in [0.2, 0.25) is 0 Å². The summed E-state index contributed by atoms with van der Waals surface area (Å²) < 4.78 is 0. The maximum Gasteiger partial charge on any atom is 0.257 e. The summed E-state index contributed by atoms with van der Waals surface area (Å²) in [4.78, 5) is 16.7. The Labute approximate surface area is 143 Å². The van der Waals surface area contributed by atoms with Gasteiger partial charge in [0.25, 0.3) is 5.91 Å². The number of amides is 1. The van der Waals surface area contributed by atoms with Crippen LogP contribution in [0, 0.1) is 6.92 Å². The molecule has 4 heteroatoms. The number of carbonyl (C=O) groups excluding carboxylic acids is 1. The lowest BCUT2D eigenvalue weighted by Gasteiger charge is -2.17. The van der Waals surface area contributed by atoms with E-state index in [2.05, 4.69) is 15.6 Å². The van der Waals surface area contributed by atoms with Gasteiger partial charge in [-0.05, 0) is 37.5 Å². The van der Waals surface area contributed by atoms with Gasteiger partial charge in [0, 0.05) is 24.1 Å². The molecule has 0 saturated heterocycles. The number of pyridine rings is 1. The Morgan fingerprint density at radius 1 is 1.08 bits per heavy atom. The van der Waals surface area contributed by atoms with Crippen LogP contribution < -0.4 is 10.6 Å². The second kappa shape index (κ2) is 7.95. The van der Waals surface area contributed by atoms with Crippen LogP contribution in [-0.2, 0) is 0 Å². The van der Waals surface area contributed by atoms with E-state index in [-0.39, 0.29) is 5.91 Å². The molecule has 3 rings (SSSR count). The number of carbonyl (C=O) groups is 1. The van der Waals surface area contributed by atoms with E-state index in [1.54, 1.807) is 12.4 Å². The quantitative estimate of drug-likeness (QED) is 0.796. The van der Waals surface area contributed by atoms with E-state index in [9.17, 15) is 4.79 Å². The van der Waals surface area contributed by atoms with Gasteiger partial charge in [0.05, 0.1) is 11.3 Å². The minimum atomic E-state index is -0.124. The van der Waals surface area contributed by atoms with E-state index in [1.165, 1.54) is 38.5 Å². The number of benzene rings is 1. The van der Waals surface area contributed by atoms with Crippen molar-refractivity contribution in [1.29, 1.82) is 0 Å².